The van der Waals surface area contributed by atoms with Gasteiger partial charge in [0, 0.05) is 18.4 Å². The quantitative estimate of drug-likeness (QED) is 0.727. The molecule has 3 aromatic rings. The molecule has 0 fully saturated rings. The molecule has 0 aliphatic carbocycles. The van der Waals surface area contributed by atoms with Crippen molar-refractivity contribution in [3.63, 3.8) is 0 Å². The van der Waals surface area contributed by atoms with Gasteiger partial charge in [-0.3, -0.25) is 0 Å². The lowest BCUT2D eigenvalue weighted by Crippen LogP contribution is -2.04. The van der Waals surface area contributed by atoms with Crippen molar-refractivity contribution in [1.29, 1.82) is 0 Å². The highest BCUT2D eigenvalue weighted by atomic mass is 32.1. The van der Waals surface area contributed by atoms with Crippen LogP contribution in [0.15, 0.2) is 42.5 Å². The molecule has 3 rings (SSSR count). The standard InChI is InChI=1S/C15H12F2N2S/c16-11-3-1-2-10(6-11)8-19-14-5-4-12(17)7-13(14)18-15(19)9-20/h1-7,20H,8-9H2. The Bertz CT molecular complexity index is 768. The Kier molecular flexibility index (Phi) is 3.44. The van der Waals surface area contributed by atoms with Crippen LogP contribution in [0.5, 0.6) is 0 Å². The third-order valence-corrected chi connectivity index (χ3v) is 3.44. The Morgan fingerprint density at radius 3 is 2.60 bits per heavy atom. The smallest absolute Gasteiger partial charge is 0.125 e. The maximum Gasteiger partial charge on any atom is 0.125 e. The highest BCUT2D eigenvalue weighted by Gasteiger charge is 2.11. The molecule has 0 atom stereocenters. The summed E-state index contributed by atoms with van der Waals surface area (Å²) in [6.07, 6.45) is 0. The first kappa shape index (κ1) is 13.1. The number of halogens is 2. The van der Waals surface area contributed by atoms with Crippen molar-refractivity contribution in [3.8, 4) is 0 Å². The van der Waals surface area contributed by atoms with Crippen LogP contribution in [-0.4, -0.2) is 9.55 Å². The second-order valence-electron chi connectivity index (χ2n) is 4.54. The van der Waals surface area contributed by atoms with Crippen LogP contribution in [0, 0.1) is 11.6 Å². The van der Waals surface area contributed by atoms with Crippen LogP contribution in [0.2, 0.25) is 0 Å². The average Bonchev–Trinajstić information content (AvgIpc) is 2.76. The minimum Gasteiger partial charge on any atom is -0.323 e. The first-order valence-electron chi connectivity index (χ1n) is 6.17. The fourth-order valence-corrected chi connectivity index (χ4v) is 2.51. The number of aromatic nitrogens is 2. The molecule has 20 heavy (non-hydrogen) atoms. The molecule has 0 bridgehead atoms. The van der Waals surface area contributed by atoms with Crippen LogP contribution >= 0.6 is 12.6 Å². The molecule has 0 aliphatic heterocycles. The van der Waals surface area contributed by atoms with Gasteiger partial charge in [0.2, 0.25) is 0 Å². The van der Waals surface area contributed by atoms with Gasteiger partial charge in [0.05, 0.1) is 11.0 Å². The Morgan fingerprint density at radius 2 is 1.85 bits per heavy atom. The molecular formula is C15H12F2N2S. The van der Waals surface area contributed by atoms with Gasteiger partial charge in [-0.2, -0.15) is 12.6 Å². The van der Waals surface area contributed by atoms with Gasteiger partial charge < -0.3 is 4.57 Å². The number of rotatable bonds is 3. The maximum absolute atomic E-state index is 13.3. The highest BCUT2D eigenvalue weighted by molar-refractivity contribution is 7.79. The van der Waals surface area contributed by atoms with E-state index in [2.05, 4.69) is 17.6 Å². The summed E-state index contributed by atoms with van der Waals surface area (Å²) in [7, 11) is 0. The summed E-state index contributed by atoms with van der Waals surface area (Å²) in [4.78, 5) is 4.36. The molecule has 102 valence electrons. The van der Waals surface area contributed by atoms with Crippen LogP contribution < -0.4 is 0 Å². The first-order valence-corrected chi connectivity index (χ1v) is 6.80. The van der Waals surface area contributed by atoms with E-state index in [0.717, 1.165) is 16.9 Å². The van der Waals surface area contributed by atoms with Crippen molar-refractivity contribution < 1.29 is 8.78 Å². The molecule has 0 spiro atoms. The van der Waals surface area contributed by atoms with E-state index in [9.17, 15) is 8.78 Å². The minimum atomic E-state index is -0.321. The Morgan fingerprint density at radius 1 is 1.05 bits per heavy atom. The number of thiol groups is 1. The average molecular weight is 290 g/mol. The molecule has 0 unspecified atom stereocenters. The molecule has 0 aliphatic rings. The molecule has 1 aromatic heterocycles. The summed E-state index contributed by atoms with van der Waals surface area (Å²) in [5.41, 5.74) is 2.24. The van der Waals surface area contributed by atoms with Crippen LogP contribution in [0.4, 0.5) is 8.78 Å². The number of benzene rings is 2. The van der Waals surface area contributed by atoms with Crippen molar-refractivity contribution in [2.24, 2.45) is 0 Å². The van der Waals surface area contributed by atoms with Gasteiger partial charge >= 0.3 is 0 Å². The van der Waals surface area contributed by atoms with Crippen molar-refractivity contribution in [2.75, 3.05) is 0 Å². The van der Waals surface area contributed by atoms with Gasteiger partial charge in [-0.25, -0.2) is 13.8 Å². The summed E-state index contributed by atoms with van der Waals surface area (Å²) >= 11 is 4.25. The largest absolute Gasteiger partial charge is 0.323 e. The highest BCUT2D eigenvalue weighted by Crippen LogP contribution is 2.20. The predicted octanol–water partition coefficient (Wildman–Crippen LogP) is 3.79. The van der Waals surface area contributed by atoms with E-state index >= 15 is 0 Å². The molecule has 0 saturated heterocycles. The van der Waals surface area contributed by atoms with Gasteiger partial charge in [-0.15, -0.1) is 0 Å². The summed E-state index contributed by atoms with van der Waals surface area (Å²) in [6, 6.07) is 10.9. The number of nitrogens with zero attached hydrogens (tertiary/aromatic N) is 2. The SMILES string of the molecule is Fc1cccc(Cn2c(CS)nc3cc(F)ccc32)c1. The molecule has 0 saturated carbocycles. The number of hydrogen-bond acceptors (Lipinski definition) is 2. The van der Waals surface area contributed by atoms with Gasteiger partial charge in [-0.1, -0.05) is 12.1 Å². The van der Waals surface area contributed by atoms with Crippen molar-refractivity contribution in [1.82, 2.24) is 9.55 Å². The second-order valence-corrected chi connectivity index (χ2v) is 4.85. The zero-order chi connectivity index (χ0) is 14.1. The normalized spacial score (nSPS) is 11.2. The Hall–Kier alpha value is -1.88. The number of fused-ring (bicyclic) bond motifs is 1. The third-order valence-electron chi connectivity index (χ3n) is 3.16. The third kappa shape index (κ3) is 2.41. The Labute approximate surface area is 120 Å². The zero-order valence-corrected chi connectivity index (χ0v) is 11.4. The number of hydrogen-bond donors (Lipinski definition) is 1. The van der Waals surface area contributed by atoms with Gasteiger partial charge in [-0.05, 0) is 29.8 Å². The van der Waals surface area contributed by atoms with E-state index in [-0.39, 0.29) is 11.6 Å². The van der Waals surface area contributed by atoms with E-state index < -0.39 is 0 Å². The maximum atomic E-state index is 13.3. The summed E-state index contributed by atoms with van der Waals surface area (Å²) in [5.74, 6) is 0.577. The lowest BCUT2D eigenvalue weighted by molar-refractivity contribution is 0.623. The van der Waals surface area contributed by atoms with Crippen LogP contribution in [0.3, 0.4) is 0 Å². The molecule has 2 aromatic carbocycles. The van der Waals surface area contributed by atoms with Gasteiger partial charge in [0.15, 0.2) is 0 Å². The monoisotopic (exact) mass is 290 g/mol. The van der Waals surface area contributed by atoms with Crippen LogP contribution in [0.1, 0.15) is 11.4 Å². The minimum absolute atomic E-state index is 0.273. The second kappa shape index (κ2) is 5.25. The predicted molar refractivity (Wildman–Crippen MR) is 77.9 cm³/mol. The van der Waals surface area contributed by atoms with Crippen molar-refractivity contribution >= 4 is 23.7 Å². The van der Waals surface area contributed by atoms with E-state index in [4.69, 9.17) is 0 Å². The molecule has 0 N–H and O–H groups in total. The van der Waals surface area contributed by atoms with Gasteiger partial charge in [0.1, 0.15) is 17.5 Å². The summed E-state index contributed by atoms with van der Waals surface area (Å²) in [6.45, 7) is 0.482. The lowest BCUT2D eigenvalue weighted by Gasteiger charge is -2.08. The molecule has 1 heterocycles. The lowest BCUT2D eigenvalue weighted by atomic mass is 10.2. The number of imidazole rings is 1. The first-order chi connectivity index (χ1) is 9.67. The van der Waals surface area contributed by atoms with E-state index in [0.29, 0.717) is 17.8 Å². The van der Waals surface area contributed by atoms with E-state index in [1.165, 1.54) is 24.3 Å². The molecular weight excluding hydrogens is 278 g/mol. The topological polar surface area (TPSA) is 17.8 Å². The fourth-order valence-electron chi connectivity index (χ4n) is 2.27. The molecule has 0 radical (unpaired) electrons. The zero-order valence-electron chi connectivity index (χ0n) is 10.6. The Balaban J connectivity index is 2.10. The fraction of sp³-hybridized carbons (Fsp3) is 0.133. The molecule has 0 amide bonds. The molecule has 5 heteroatoms. The summed E-state index contributed by atoms with van der Waals surface area (Å²) in [5, 5.41) is 0. The van der Waals surface area contributed by atoms with Crippen LogP contribution in [0.25, 0.3) is 11.0 Å². The van der Waals surface area contributed by atoms with Crippen molar-refractivity contribution in [2.45, 2.75) is 12.3 Å². The van der Waals surface area contributed by atoms with E-state index in [1.807, 2.05) is 10.6 Å². The van der Waals surface area contributed by atoms with Gasteiger partial charge in [0.25, 0.3) is 0 Å². The van der Waals surface area contributed by atoms with Crippen LogP contribution in [-0.2, 0) is 12.3 Å². The van der Waals surface area contributed by atoms with Crippen molar-refractivity contribution in [3.05, 3.63) is 65.5 Å². The molecule has 2 nitrogen and oxygen atoms in total. The summed E-state index contributed by atoms with van der Waals surface area (Å²) < 4.78 is 28.4. The van der Waals surface area contributed by atoms with E-state index in [1.54, 1.807) is 12.1 Å².